The summed E-state index contributed by atoms with van der Waals surface area (Å²) in [4.78, 5) is 2.59. The van der Waals surface area contributed by atoms with Crippen molar-refractivity contribution in [2.24, 2.45) is 17.8 Å². The molecule has 0 aromatic rings. The molecule has 1 heterocycles. The first-order valence-corrected chi connectivity index (χ1v) is 8.04. The maximum atomic E-state index is 10.3. The Kier molecular flexibility index (Phi) is 5.08. The highest BCUT2D eigenvalue weighted by atomic mass is 16.3. The predicted octanol–water partition coefficient (Wildman–Crippen LogP) is 3.29. The molecule has 0 spiro atoms. The van der Waals surface area contributed by atoms with Crippen LogP contribution in [-0.2, 0) is 0 Å². The van der Waals surface area contributed by atoms with Crippen molar-refractivity contribution in [1.29, 1.82) is 0 Å². The summed E-state index contributed by atoms with van der Waals surface area (Å²) in [5.41, 5.74) is 0. The van der Waals surface area contributed by atoms with Crippen LogP contribution in [0.5, 0.6) is 0 Å². The lowest BCUT2D eigenvalue weighted by Gasteiger charge is -2.44. The van der Waals surface area contributed by atoms with Gasteiger partial charge in [0.25, 0.3) is 0 Å². The zero-order valence-corrected chi connectivity index (χ0v) is 12.4. The second-order valence-electron chi connectivity index (χ2n) is 6.84. The van der Waals surface area contributed by atoms with Crippen molar-refractivity contribution < 1.29 is 5.11 Å². The minimum Gasteiger partial charge on any atom is -0.391 e. The van der Waals surface area contributed by atoms with Crippen LogP contribution in [-0.4, -0.2) is 35.2 Å². The Bertz CT molecular complexity index is 245. The Hall–Kier alpha value is -0.0800. The summed E-state index contributed by atoms with van der Waals surface area (Å²) in [5, 5.41) is 10.3. The number of piperidine rings is 1. The minimum absolute atomic E-state index is 0.0663. The molecule has 3 unspecified atom stereocenters. The molecule has 0 radical (unpaired) electrons. The molecule has 0 aromatic carbocycles. The molecule has 0 aromatic heterocycles. The van der Waals surface area contributed by atoms with E-state index in [9.17, 15) is 5.11 Å². The normalized spacial score (nSPS) is 36.2. The first-order chi connectivity index (χ1) is 8.61. The first kappa shape index (κ1) is 14.3. The van der Waals surface area contributed by atoms with Gasteiger partial charge in [-0.1, -0.05) is 27.2 Å². The number of aliphatic hydroxyl groups excluding tert-OH is 1. The van der Waals surface area contributed by atoms with Crippen LogP contribution in [0, 0.1) is 17.8 Å². The fourth-order valence-corrected chi connectivity index (χ4v) is 3.90. The van der Waals surface area contributed by atoms with Crippen molar-refractivity contribution in [2.75, 3.05) is 13.1 Å². The number of hydrogen-bond donors (Lipinski definition) is 1. The SMILES string of the molecule is CCC1CCC(O)C(N2CCC(C(C)C)CC2)C1. The summed E-state index contributed by atoms with van der Waals surface area (Å²) < 4.78 is 0. The van der Waals surface area contributed by atoms with Gasteiger partial charge in [-0.15, -0.1) is 0 Å². The largest absolute Gasteiger partial charge is 0.391 e. The molecular weight excluding hydrogens is 222 g/mol. The van der Waals surface area contributed by atoms with E-state index in [-0.39, 0.29) is 6.10 Å². The van der Waals surface area contributed by atoms with Crippen LogP contribution in [0.2, 0.25) is 0 Å². The number of aliphatic hydroxyl groups is 1. The molecule has 1 saturated carbocycles. The summed E-state index contributed by atoms with van der Waals surface area (Å²) in [6, 6.07) is 0.455. The molecule has 2 aliphatic rings. The minimum atomic E-state index is -0.0663. The van der Waals surface area contributed by atoms with Crippen molar-refractivity contribution in [3.63, 3.8) is 0 Å². The average Bonchev–Trinajstić information content (AvgIpc) is 2.39. The van der Waals surface area contributed by atoms with E-state index < -0.39 is 0 Å². The van der Waals surface area contributed by atoms with Crippen molar-refractivity contribution >= 4 is 0 Å². The molecule has 2 nitrogen and oxygen atoms in total. The number of likely N-dealkylation sites (tertiary alicyclic amines) is 1. The highest BCUT2D eigenvalue weighted by molar-refractivity contribution is 4.89. The number of rotatable bonds is 3. The Balaban J connectivity index is 1.87. The fourth-order valence-electron chi connectivity index (χ4n) is 3.90. The molecule has 2 fully saturated rings. The third-order valence-electron chi connectivity index (χ3n) is 5.45. The van der Waals surface area contributed by atoms with Crippen molar-refractivity contribution in [1.82, 2.24) is 4.90 Å². The molecule has 1 N–H and O–H groups in total. The summed E-state index contributed by atoms with van der Waals surface area (Å²) in [6.07, 6.45) is 7.36. The van der Waals surface area contributed by atoms with Gasteiger partial charge < -0.3 is 5.11 Å². The highest BCUT2D eigenvalue weighted by Crippen LogP contribution is 2.33. The molecule has 2 heteroatoms. The van der Waals surface area contributed by atoms with Gasteiger partial charge in [0, 0.05) is 6.04 Å². The van der Waals surface area contributed by atoms with E-state index in [4.69, 9.17) is 0 Å². The Morgan fingerprint density at radius 1 is 1.11 bits per heavy atom. The van der Waals surface area contributed by atoms with Crippen LogP contribution in [0.25, 0.3) is 0 Å². The summed E-state index contributed by atoms with van der Waals surface area (Å²) in [7, 11) is 0. The molecule has 1 saturated heterocycles. The van der Waals surface area contributed by atoms with Gasteiger partial charge in [0.05, 0.1) is 6.10 Å². The maximum Gasteiger partial charge on any atom is 0.0695 e. The van der Waals surface area contributed by atoms with Gasteiger partial charge in [-0.2, -0.15) is 0 Å². The molecule has 0 bridgehead atoms. The lowest BCUT2D eigenvalue weighted by Crippen LogP contribution is -2.50. The molecule has 2 rings (SSSR count). The van der Waals surface area contributed by atoms with Gasteiger partial charge in [0.1, 0.15) is 0 Å². The lowest BCUT2D eigenvalue weighted by molar-refractivity contribution is -0.0143. The van der Waals surface area contributed by atoms with E-state index in [1.807, 2.05) is 0 Å². The smallest absolute Gasteiger partial charge is 0.0695 e. The second kappa shape index (κ2) is 6.38. The number of hydrogen-bond acceptors (Lipinski definition) is 2. The molecule has 18 heavy (non-hydrogen) atoms. The van der Waals surface area contributed by atoms with Crippen LogP contribution >= 0.6 is 0 Å². The summed E-state index contributed by atoms with van der Waals surface area (Å²) in [6.45, 7) is 9.41. The first-order valence-electron chi connectivity index (χ1n) is 8.04. The van der Waals surface area contributed by atoms with Crippen LogP contribution in [0.3, 0.4) is 0 Å². The standard InChI is InChI=1S/C16H31NO/c1-4-13-5-6-16(18)15(11-13)17-9-7-14(8-10-17)12(2)3/h12-16,18H,4-11H2,1-3H3. The third kappa shape index (κ3) is 3.27. The van der Waals surface area contributed by atoms with E-state index in [0.29, 0.717) is 6.04 Å². The van der Waals surface area contributed by atoms with Gasteiger partial charge in [-0.25, -0.2) is 0 Å². The van der Waals surface area contributed by atoms with E-state index in [1.165, 1.54) is 45.2 Å². The second-order valence-corrected chi connectivity index (χ2v) is 6.84. The van der Waals surface area contributed by atoms with Gasteiger partial charge in [0.15, 0.2) is 0 Å². The van der Waals surface area contributed by atoms with Gasteiger partial charge >= 0.3 is 0 Å². The van der Waals surface area contributed by atoms with Gasteiger partial charge in [0.2, 0.25) is 0 Å². The monoisotopic (exact) mass is 253 g/mol. The van der Waals surface area contributed by atoms with Crippen molar-refractivity contribution in [3.05, 3.63) is 0 Å². The van der Waals surface area contributed by atoms with Gasteiger partial charge in [-0.3, -0.25) is 4.90 Å². The molecule has 0 amide bonds. The highest BCUT2D eigenvalue weighted by Gasteiger charge is 2.34. The Morgan fingerprint density at radius 2 is 1.78 bits per heavy atom. The van der Waals surface area contributed by atoms with E-state index in [0.717, 1.165) is 24.2 Å². The summed E-state index contributed by atoms with van der Waals surface area (Å²) in [5.74, 6) is 2.58. The topological polar surface area (TPSA) is 23.5 Å². The third-order valence-corrected chi connectivity index (χ3v) is 5.45. The zero-order chi connectivity index (χ0) is 13.1. The average molecular weight is 253 g/mol. The van der Waals surface area contributed by atoms with Crippen molar-refractivity contribution in [2.45, 2.75) is 71.4 Å². The molecule has 3 atom stereocenters. The molecule has 1 aliphatic heterocycles. The Labute approximate surface area is 113 Å². The molecule has 1 aliphatic carbocycles. The van der Waals surface area contributed by atoms with Crippen LogP contribution in [0.4, 0.5) is 0 Å². The quantitative estimate of drug-likeness (QED) is 0.834. The fraction of sp³-hybridized carbons (Fsp3) is 1.00. The predicted molar refractivity (Wildman–Crippen MR) is 76.6 cm³/mol. The van der Waals surface area contributed by atoms with Gasteiger partial charge in [-0.05, 0) is 62.9 Å². The Morgan fingerprint density at radius 3 is 2.33 bits per heavy atom. The maximum absolute atomic E-state index is 10.3. The molecule has 106 valence electrons. The van der Waals surface area contributed by atoms with E-state index in [1.54, 1.807) is 0 Å². The van der Waals surface area contributed by atoms with E-state index in [2.05, 4.69) is 25.7 Å². The molecular formula is C16H31NO. The zero-order valence-electron chi connectivity index (χ0n) is 12.4. The summed E-state index contributed by atoms with van der Waals surface area (Å²) >= 11 is 0. The lowest BCUT2D eigenvalue weighted by atomic mass is 9.79. The number of nitrogens with zero attached hydrogens (tertiary/aromatic N) is 1. The van der Waals surface area contributed by atoms with Crippen LogP contribution in [0.1, 0.15) is 59.3 Å². The van der Waals surface area contributed by atoms with Crippen LogP contribution in [0.15, 0.2) is 0 Å². The van der Waals surface area contributed by atoms with Crippen molar-refractivity contribution in [3.8, 4) is 0 Å². The van der Waals surface area contributed by atoms with Crippen LogP contribution < -0.4 is 0 Å². The van der Waals surface area contributed by atoms with E-state index >= 15 is 0 Å².